The first-order chi connectivity index (χ1) is 11.7. The Labute approximate surface area is 151 Å². The molecule has 2 aromatic rings. The maximum Gasteiger partial charge on any atom is 0.257 e. The highest BCUT2D eigenvalue weighted by Gasteiger charge is 2.28. The van der Waals surface area contributed by atoms with Crippen molar-refractivity contribution in [3.8, 4) is 0 Å². The van der Waals surface area contributed by atoms with Crippen molar-refractivity contribution in [1.29, 1.82) is 0 Å². The molecule has 0 radical (unpaired) electrons. The molecule has 1 amide bonds. The van der Waals surface area contributed by atoms with Crippen molar-refractivity contribution >= 4 is 35.1 Å². The third-order valence-corrected chi connectivity index (χ3v) is 5.73. The van der Waals surface area contributed by atoms with Crippen LogP contribution in [0.4, 0.5) is 5.69 Å². The standard InChI is InChI=1S/C19H19NO2S2/c1-22-13-18(21)20-15-10-6-7-11-16(15)24-17(12-19(20)23-2)14-8-4-3-5-9-14/h3-12,17H,13H2,1-2H3. The van der Waals surface area contributed by atoms with Crippen molar-refractivity contribution in [1.82, 2.24) is 0 Å². The second-order valence-electron chi connectivity index (χ2n) is 5.29. The van der Waals surface area contributed by atoms with Gasteiger partial charge in [-0.1, -0.05) is 42.5 Å². The summed E-state index contributed by atoms with van der Waals surface area (Å²) in [4.78, 5) is 15.5. The molecule has 0 fully saturated rings. The Morgan fingerprint density at radius 2 is 1.88 bits per heavy atom. The molecule has 1 heterocycles. The molecule has 24 heavy (non-hydrogen) atoms. The van der Waals surface area contributed by atoms with Gasteiger partial charge in [0.05, 0.1) is 16.0 Å². The van der Waals surface area contributed by atoms with Gasteiger partial charge in [-0.2, -0.15) is 0 Å². The van der Waals surface area contributed by atoms with Crippen molar-refractivity contribution in [3.05, 3.63) is 71.3 Å². The lowest BCUT2D eigenvalue weighted by Gasteiger charge is -2.24. The van der Waals surface area contributed by atoms with Crippen LogP contribution in [0.25, 0.3) is 0 Å². The van der Waals surface area contributed by atoms with Crippen molar-refractivity contribution in [2.75, 3.05) is 24.9 Å². The van der Waals surface area contributed by atoms with Gasteiger partial charge in [0.15, 0.2) is 0 Å². The predicted molar refractivity (Wildman–Crippen MR) is 102 cm³/mol. The number of carbonyl (C=O) groups is 1. The summed E-state index contributed by atoms with van der Waals surface area (Å²) >= 11 is 3.35. The molecular formula is C19H19NO2S2. The Morgan fingerprint density at radius 1 is 1.17 bits per heavy atom. The summed E-state index contributed by atoms with van der Waals surface area (Å²) in [7, 11) is 1.55. The molecule has 0 saturated carbocycles. The quantitative estimate of drug-likeness (QED) is 0.792. The van der Waals surface area contributed by atoms with Gasteiger partial charge in [0, 0.05) is 12.0 Å². The third-order valence-electron chi connectivity index (χ3n) is 3.73. The number of fused-ring (bicyclic) bond motifs is 1. The van der Waals surface area contributed by atoms with E-state index in [0.717, 1.165) is 15.6 Å². The Bertz CT molecular complexity index is 746. The predicted octanol–water partition coefficient (Wildman–Crippen LogP) is 4.72. The van der Waals surface area contributed by atoms with Crippen molar-refractivity contribution in [2.45, 2.75) is 10.1 Å². The molecular weight excluding hydrogens is 338 g/mol. The smallest absolute Gasteiger partial charge is 0.257 e. The first-order valence-corrected chi connectivity index (χ1v) is 9.73. The molecule has 0 aliphatic carbocycles. The fourth-order valence-corrected chi connectivity index (χ4v) is 4.59. The number of hydrogen-bond acceptors (Lipinski definition) is 4. The Kier molecular flexibility index (Phi) is 5.66. The van der Waals surface area contributed by atoms with Crippen molar-refractivity contribution in [3.63, 3.8) is 0 Å². The maximum atomic E-state index is 12.7. The van der Waals surface area contributed by atoms with E-state index in [9.17, 15) is 4.79 Å². The van der Waals surface area contributed by atoms with Crippen molar-refractivity contribution in [2.24, 2.45) is 0 Å². The molecule has 5 heteroatoms. The lowest BCUT2D eigenvalue weighted by Crippen LogP contribution is -2.32. The van der Waals surface area contributed by atoms with Crippen LogP contribution in [-0.4, -0.2) is 25.9 Å². The third kappa shape index (κ3) is 3.53. The molecule has 1 aliphatic rings. The molecule has 0 spiro atoms. The van der Waals surface area contributed by atoms with E-state index in [1.807, 2.05) is 42.7 Å². The van der Waals surface area contributed by atoms with Gasteiger partial charge in [-0.3, -0.25) is 9.69 Å². The molecule has 0 saturated heterocycles. The van der Waals surface area contributed by atoms with E-state index < -0.39 is 0 Å². The van der Waals surface area contributed by atoms with Crippen LogP contribution in [-0.2, 0) is 9.53 Å². The summed E-state index contributed by atoms with van der Waals surface area (Å²) in [5.41, 5.74) is 2.15. The van der Waals surface area contributed by atoms with Gasteiger partial charge >= 0.3 is 0 Å². The topological polar surface area (TPSA) is 29.5 Å². The number of amides is 1. The molecule has 1 aliphatic heterocycles. The van der Waals surface area contributed by atoms with Crippen LogP contribution in [0.2, 0.25) is 0 Å². The number of carbonyl (C=O) groups excluding carboxylic acids is 1. The SMILES string of the molecule is COCC(=O)N1C(SC)=CC(c2ccccc2)Sc2ccccc21. The Morgan fingerprint density at radius 3 is 2.58 bits per heavy atom. The average Bonchev–Trinajstić information content (AvgIpc) is 2.79. The molecule has 0 aromatic heterocycles. The summed E-state index contributed by atoms with van der Waals surface area (Å²) in [6.07, 6.45) is 4.16. The summed E-state index contributed by atoms with van der Waals surface area (Å²) < 4.78 is 5.08. The zero-order valence-electron chi connectivity index (χ0n) is 13.6. The van der Waals surface area contributed by atoms with Crippen molar-refractivity contribution < 1.29 is 9.53 Å². The number of benzene rings is 2. The zero-order chi connectivity index (χ0) is 16.9. The van der Waals surface area contributed by atoms with Gasteiger partial charge in [-0.25, -0.2) is 0 Å². The summed E-state index contributed by atoms with van der Waals surface area (Å²) in [5.74, 6) is -0.0557. The molecule has 1 unspecified atom stereocenters. The molecule has 3 rings (SSSR count). The number of rotatable bonds is 4. The minimum atomic E-state index is -0.0557. The van der Waals surface area contributed by atoms with E-state index in [2.05, 4.69) is 24.3 Å². The number of para-hydroxylation sites is 1. The summed E-state index contributed by atoms with van der Waals surface area (Å²) in [6.45, 7) is 0.0624. The largest absolute Gasteiger partial charge is 0.375 e. The molecule has 1 atom stereocenters. The Hall–Kier alpha value is -1.69. The highest BCUT2D eigenvalue weighted by atomic mass is 32.2. The fourth-order valence-electron chi connectivity index (χ4n) is 2.65. The van der Waals surface area contributed by atoms with Crippen LogP contribution in [0.3, 0.4) is 0 Å². The highest BCUT2D eigenvalue weighted by Crippen LogP contribution is 2.46. The number of anilines is 1. The van der Waals surface area contributed by atoms with E-state index in [4.69, 9.17) is 4.74 Å². The van der Waals surface area contributed by atoms with Gasteiger partial charge in [0.2, 0.25) is 0 Å². The molecule has 0 bridgehead atoms. The number of methoxy groups -OCH3 is 1. The van der Waals surface area contributed by atoms with Gasteiger partial charge < -0.3 is 4.74 Å². The van der Waals surface area contributed by atoms with E-state index in [0.29, 0.717) is 0 Å². The number of nitrogens with zero attached hydrogens (tertiary/aromatic N) is 1. The molecule has 3 nitrogen and oxygen atoms in total. The van der Waals surface area contributed by atoms with Crippen LogP contribution in [0.5, 0.6) is 0 Å². The minimum absolute atomic E-state index is 0.0557. The minimum Gasteiger partial charge on any atom is -0.375 e. The lowest BCUT2D eigenvalue weighted by atomic mass is 10.1. The van der Waals surface area contributed by atoms with Crippen LogP contribution in [0, 0.1) is 0 Å². The van der Waals surface area contributed by atoms with E-state index in [1.165, 1.54) is 5.56 Å². The maximum absolute atomic E-state index is 12.7. The monoisotopic (exact) mass is 357 g/mol. The van der Waals surface area contributed by atoms with Crippen LogP contribution < -0.4 is 4.90 Å². The van der Waals surface area contributed by atoms with Crippen LogP contribution in [0.1, 0.15) is 10.8 Å². The van der Waals surface area contributed by atoms with E-state index in [1.54, 1.807) is 35.5 Å². The van der Waals surface area contributed by atoms with E-state index >= 15 is 0 Å². The van der Waals surface area contributed by atoms with Gasteiger partial charge in [0.1, 0.15) is 6.61 Å². The van der Waals surface area contributed by atoms with Crippen LogP contribution in [0.15, 0.2) is 70.6 Å². The number of thioether (sulfide) groups is 2. The second-order valence-corrected chi connectivity index (χ2v) is 7.30. The van der Waals surface area contributed by atoms with Gasteiger partial charge in [0.25, 0.3) is 5.91 Å². The molecule has 0 N–H and O–H groups in total. The summed E-state index contributed by atoms with van der Waals surface area (Å²) in [5, 5.41) is 1.10. The first kappa shape index (κ1) is 17.1. The highest BCUT2D eigenvalue weighted by molar-refractivity contribution is 8.03. The first-order valence-electron chi connectivity index (χ1n) is 7.63. The number of ether oxygens (including phenoxy) is 1. The fraction of sp³-hybridized carbons (Fsp3) is 0.211. The zero-order valence-corrected chi connectivity index (χ0v) is 15.3. The second kappa shape index (κ2) is 7.92. The average molecular weight is 358 g/mol. The molecule has 2 aromatic carbocycles. The van der Waals surface area contributed by atoms with Crippen LogP contribution >= 0.6 is 23.5 Å². The molecule has 124 valence electrons. The summed E-state index contributed by atoms with van der Waals surface area (Å²) in [6, 6.07) is 18.4. The Balaban J connectivity index is 2.10. The van der Waals surface area contributed by atoms with Gasteiger partial charge in [-0.05, 0) is 30.0 Å². The lowest BCUT2D eigenvalue weighted by molar-refractivity contribution is -0.121. The normalized spacial score (nSPS) is 17.0. The van der Waals surface area contributed by atoms with E-state index in [-0.39, 0.29) is 17.8 Å². The van der Waals surface area contributed by atoms with Gasteiger partial charge in [-0.15, -0.1) is 23.5 Å². The number of hydrogen-bond donors (Lipinski definition) is 0.